The van der Waals surface area contributed by atoms with E-state index in [-0.39, 0.29) is 0 Å². The molecule has 0 aromatic heterocycles. The van der Waals surface area contributed by atoms with Gasteiger partial charge in [-0.3, -0.25) is 0 Å². The van der Waals surface area contributed by atoms with E-state index in [0.717, 1.165) is 13.1 Å². The van der Waals surface area contributed by atoms with Crippen molar-refractivity contribution in [3.8, 4) is 0 Å². The van der Waals surface area contributed by atoms with E-state index in [1.165, 1.54) is 37.9 Å². The number of nitrogens with zero attached hydrogens (tertiary/aromatic N) is 2. The van der Waals surface area contributed by atoms with Gasteiger partial charge in [0, 0.05) is 0 Å². The van der Waals surface area contributed by atoms with Gasteiger partial charge in [-0.2, -0.15) is 0 Å². The summed E-state index contributed by atoms with van der Waals surface area (Å²) in [7, 11) is 0. The first-order chi connectivity index (χ1) is 10.5. The van der Waals surface area contributed by atoms with E-state index < -0.39 is 0 Å². The van der Waals surface area contributed by atoms with Crippen LogP contribution in [0.3, 0.4) is 0 Å². The predicted octanol–water partition coefficient (Wildman–Crippen LogP) is 3.88. The van der Waals surface area contributed by atoms with Gasteiger partial charge in [0.25, 0.3) is 0 Å². The van der Waals surface area contributed by atoms with Gasteiger partial charge in [-0.25, -0.2) is 0 Å². The molecule has 0 radical (unpaired) electrons. The van der Waals surface area contributed by atoms with Gasteiger partial charge >= 0.3 is 144 Å². The fourth-order valence-electron chi connectivity index (χ4n) is 3.37. The first-order valence-electron chi connectivity index (χ1n) is 7.67. The van der Waals surface area contributed by atoms with Crippen LogP contribution in [-0.2, 0) is 18.7 Å². The summed E-state index contributed by atoms with van der Waals surface area (Å²) in [5.74, 6) is 0. The van der Waals surface area contributed by atoms with Crippen LogP contribution in [0, 0.1) is 27.7 Å². The van der Waals surface area contributed by atoms with Gasteiger partial charge in [0.05, 0.1) is 0 Å². The van der Waals surface area contributed by atoms with Gasteiger partial charge < -0.3 is 0 Å². The molecule has 1 aliphatic rings. The number of aryl methyl sites for hydroxylation is 4. The maximum atomic E-state index is 3.53. The van der Waals surface area contributed by atoms with Crippen LogP contribution in [0.5, 0.6) is 0 Å². The molecule has 1 aliphatic heterocycles. The summed E-state index contributed by atoms with van der Waals surface area (Å²) in [6.07, 6.45) is 0. The number of benzene rings is 2. The molecule has 0 N–H and O–H groups in total. The molecule has 1 heterocycles. The van der Waals surface area contributed by atoms with Crippen molar-refractivity contribution in [2.75, 3.05) is 22.9 Å². The van der Waals surface area contributed by atoms with Crippen molar-refractivity contribution < 1.29 is 18.7 Å². The fraction of sp³-hybridized carbons (Fsp3) is 0.316. The summed E-state index contributed by atoms with van der Waals surface area (Å²) >= 11 is 3.53. The molecule has 0 unspecified atom stereocenters. The number of hydrogen-bond acceptors (Lipinski definition) is 2. The average Bonchev–Trinajstić information content (AvgIpc) is 2.81. The molecule has 22 heavy (non-hydrogen) atoms. The predicted molar refractivity (Wildman–Crippen MR) is 91.5 cm³/mol. The Morgan fingerprint density at radius 2 is 1.00 bits per heavy atom. The summed E-state index contributed by atoms with van der Waals surface area (Å²) in [4.78, 5) is 4.80. The van der Waals surface area contributed by atoms with Gasteiger partial charge in [0.2, 0.25) is 0 Å². The van der Waals surface area contributed by atoms with Gasteiger partial charge in [0.15, 0.2) is 0 Å². The Balaban J connectivity index is 2.00. The van der Waals surface area contributed by atoms with E-state index >= 15 is 0 Å². The van der Waals surface area contributed by atoms with Crippen LogP contribution >= 0.6 is 0 Å². The minimum absolute atomic E-state index is 1.01. The molecule has 0 atom stereocenters. The molecule has 0 aliphatic carbocycles. The first kappa shape index (κ1) is 15.5. The van der Waals surface area contributed by atoms with Crippen LogP contribution < -0.4 is 9.80 Å². The van der Waals surface area contributed by atoms with E-state index in [1.807, 2.05) is 0 Å². The Labute approximate surface area is 143 Å². The summed E-state index contributed by atoms with van der Waals surface area (Å²) < 4.78 is 1.18. The minimum atomic E-state index is 1.01. The third-order valence-corrected chi connectivity index (χ3v) is 5.22. The second-order valence-electron chi connectivity index (χ2n) is 6.03. The van der Waals surface area contributed by atoms with Crippen LogP contribution in [0.15, 0.2) is 36.4 Å². The zero-order valence-electron chi connectivity index (χ0n) is 13.6. The summed E-state index contributed by atoms with van der Waals surface area (Å²) in [6.45, 7) is 10.8. The average molecular weight is 385 g/mol. The van der Waals surface area contributed by atoms with E-state index in [0.29, 0.717) is 0 Å². The maximum absolute atomic E-state index is 3.53. The molecule has 1 saturated heterocycles. The Kier molecular flexibility index (Phi) is 4.21. The Bertz CT molecular complexity index is 634. The van der Waals surface area contributed by atoms with Crippen molar-refractivity contribution in [1.29, 1.82) is 0 Å². The third kappa shape index (κ3) is 2.53. The molecular formula is C19H22N2Pd. The van der Waals surface area contributed by atoms with Gasteiger partial charge in [-0.05, 0) is 0 Å². The molecule has 118 valence electrons. The normalized spacial score (nSPS) is 14.9. The van der Waals surface area contributed by atoms with Crippen LogP contribution in [0.1, 0.15) is 22.3 Å². The van der Waals surface area contributed by atoms with Gasteiger partial charge in [-0.1, -0.05) is 0 Å². The summed E-state index contributed by atoms with van der Waals surface area (Å²) in [5.41, 5.74) is 7.97. The Hall–Kier alpha value is -1.43. The second-order valence-corrected chi connectivity index (χ2v) is 6.72. The fourth-order valence-corrected chi connectivity index (χ4v) is 4.07. The van der Waals surface area contributed by atoms with Crippen LogP contribution in [0.4, 0.5) is 11.4 Å². The number of hydrogen-bond donors (Lipinski definition) is 0. The summed E-state index contributed by atoms with van der Waals surface area (Å²) in [6, 6.07) is 13.0. The first-order valence-corrected chi connectivity index (χ1v) is 8.45. The van der Waals surface area contributed by atoms with E-state index in [1.54, 1.807) is 0 Å². The zero-order valence-corrected chi connectivity index (χ0v) is 15.1. The quantitative estimate of drug-likeness (QED) is 0.725. The molecule has 2 aromatic carbocycles. The molecule has 0 saturated carbocycles. The molecule has 1 fully saturated rings. The SMILES string of the molecule is Cc1cccc(C)c1N1CCN(c2c(C)cccc2C)[C]1=[Pd]. The van der Waals surface area contributed by atoms with Gasteiger partial charge in [0.1, 0.15) is 0 Å². The van der Waals surface area contributed by atoms with Crippen LogP contribution in [0.25, 0.3) is 0 Å². The van der Waals surface area contributed by atoms with Crippen LogP contribution in [0.2, 0.25) is 0 Å². The van der Waals surface area contributed by atoms with Crippen molar-refractivity contribution in [3.05, 3.63) is 58.7 Å². The zero-order chi connectivity index (χ0) is 15.9. The monoisotopic (exact) mass is 384 g/mol. The van der Waals surface area contributed by atoms with Crippen molar-refractivity contribution in [2.24, 2.45) is 0 Å². The molecule has 0 amide bonds. The third-order valence-electron chi connectivity index (χ3n) is 4.38. The molecule has 0 spiro atoms. The van der Waals surface area contributed by atoms with E-state index in [9.17, 15) is 0 Å². The molecule has 2 aromatic rings. The molecule has 0 bridgehead atoms. The van der Waals surface area contributed by atoms with E-state index in [4.69, 9.17) is 0 Å². The Morgan fingerprint density at radius 1 is 0.682 bits per heavy atom. The molecule has 2 nitrogen and oxygen atoms in total. The molecule has 3 rings (SSSR count). The van der Waals surface area contributed by atoms with Gasteiger partial charge in [-0.15, -0.1) is 0 Å². The number of rotatable bonds is 2. The topological polar surface area (TPSA) is 6.48 Å². The van der Waals surface area contributed by atoms with Crippen molar-refractivity contribution in [3.63, 3.8) is 0 Å². The molecular weight excluding hydrogens is 363 g/mol. The summed E-state index contributed by atoms with van der Waals surface area (Å²) in [5, 5.41) is 0. The Morgan fingerprint density at radius 3 is 1.32 bits per heavy atom. The molecule has 3 heteroatoms. The van der Waals surface area contributed by atoms with Crippen molar-refractivity contribution >= 4 is 15.6 Å². The number of anilines is 2. The van der Waals surface area contributed by atoms with Crippen molar-refractivity contribution in [1.82, 2.24) is 0 Å². The van der Waals surface area contributed by atoms with E-state index in [2.05, 4.69) is 92.6 Å². The second kappa shape index (κ2) is 5.99. The number of para-hydroxylation sites is 2. The standard InChI is InChI=1S/C19H22N2.Pd/c1-14-7-5-8-15(2)18(14)20-11-12-21(13-20)19-16(3)9-6-10-17(19)4;/h5-10H,11-12H2,1-4H3;. The van der Waals surface area contributed by atoms with Crippen molar-refractivity contribution in [2.45, 2.75) is 27.7 Å². The van der Waals surface area contributed by atoms with Crippen LogP contribution in [-0.4, -0.2) is 17.3 Å².